The summed E-state index contributed by atoms with van der Waals surface area (Å²) in [4.78, 5) is 24.4. The molecule has 10 nitrogen and oxygen atoms in total. The second-order valence-corrected chi connectivity index (χ2v) is 9.08. The van der Waals surface area contributed by atoms with E-state index in [1.54, 1.807) is 30.7 Å². The molecule has 1 amide bonds. The van der Waals surface area contributed by atoms with Gasteiger partial charge in [-0.25, -0.2) is 13.8 Å². The molecule has 0 fully saturated rings. The number of nitrogens with one attached hydrogen (secondary N) is 4. The summed E-state index contributed by atoms with van der Waals surface area (Å²) < 4.78 is 30.1. The van der Waals surface area contributed by atoms with Crippen LogP contribution < -0.4 is 26.2 Å². The molecule has 0 saturated carbocycles. The number of carbonyl (C=O) groups excluding carboxylic acids is 1. The van der Waals surface area contributed by atoms with Crippen molar-refractivity contribution < 1.29 is 18.9 Å². The number of hydrogen-bond donors (Lipinski definition) is 5. The Hall–Kier alpha value is -4.68. The molecule has 0 spiro atoms. The first kappa shape index (κ1) is 29.9. The van der Waals surface area contributed by atoms with Gasteiger partial charge in [-0.3, -0.25) is 4.79 Å². The van der Waals surface area contributed by atoms with Gasteiger partial charge in [0.05, 0.1) is 18.4 Å². The van der Waals surface area contributed by atoms with E-state index in [0.29, 0.717) is 34.7 Å². The summed E-state index contributed by atoms with van der Waals surface area (Å²) in [5, 5.41) is 17.8. The highest BCUT2D eigenvalue weighted by Crippen LogP contribution is 2.33. The van der Waals surface area contributed by atoms with E-state index in [0.717, 1.165) is 18.8 Å². The van der Waals surface area contributed by atoms with Crippen molar-refractivity contribution in [3.8, 4) is 11.1 Å². The predicted molar refractivity (Wildman–Crippen MR) is 156 cm³/mol. The quantitative estimate of drug-likeness (QED) is 0.163. The van der Waals surface area contributed by atoms with Crippen molar-refractivity contribution in [1.29, 1.82) is 5.41 Å². The number of aromatic nitrogens is 2. The zero-order valence-electron chi connectivity index (χ0n) is 22.9. The standard InChI is InChI=1S/C28H33F2N9O/c1-6-26(40)34-19-8-9-22(29)24(14-19)36-27-21(17-33-28(37-27)35-20(15-31)16-32-2)18-7-10-25(23(30)13-18)39(5)12-11-38(3)4/h6-10,13-17,31-32H,1,11-12H2,2-5H3,(H,34,40)(H2,33,35,36,37)/p+1/b20-16+,31-15?. The number of amides is 1. The molecule has 3 rings (SSSR count). The summed E-state index contributed by atoms with van der Waals surface area (Å²) in [6, 6.07) is 8.83. The average Bonchev–Trinajstić information content (AvgIpc) is 2.93. The number of likely N-dealkylation sites (N-methyl/N-ethyl adjacent to an activating group) is 2. The van der Waals surface area contributed by atoms with E-state index in [1.165, 1.54) is 30.5 Å². The lowest BCUT2D eigenvalue weighted by Crippen LogP contribution is -2.73. The van der Waals surface area contributed by atoms with Crippen LogP contribution >= 0.6 is 0 Å². The molecule has 0 aliphatic rings. The second-order valence-electron chi connectivity index (χ2n) is 9.08. The highest BCUT2D eigenvalue weighted by Gasteiger charge is 2.16. The van der Waals surface area contributed by atoms with Gasteiger partial charge in [-0.1, -0.05) is 12.6 Å². The van der Waals surface area contributed by atoms with E-state index in [2.05, 4.69) is 32.5 Å². The van der Waals surface area contributed by atoms with Crippen molar-refractivity contribution in [3.05, 3.63) is 78.8 Å². The number of allylic oxidation sites excluding steroid dienone is 1. The highest BCUT2D eigenvalue weighted by molar-refractivity contribution is 5.99. The Kier molecular flexibility index (Phi) is 10.4. The van der Waals surface area contributed by atoms with Crippen molar-refractivity contribution in [2.75, 3.05) is 62.1 Å². The third-order valence-corrected chi connectivity index (χ3v) is 5.77. The monoisotopic (exact) mass is 550 g/mol. The summed E-state index contributed by atoms with van der Waals surface area (Å²) in [5.74, 6) is -1.15. The fourth-order valence-corrected chi connectivity index (χ4v) is 3.66. The van der Waals surface area contributed by atoms with E-state index in [9.17, 15) is 9.18 Å². The predicted octanol–water partition coefficient (Wildman–Crippen LogP) is 3.38. The number of quaternary nitrogens is 1. The lowest BCUT2D eigenvalue weighted by atomic mass is 10.1. The summed E-state index contributed by atoms with van der Waals surface area (Å²) in [6.45, 7) is 4.81. The summed E-state index contributed by atoms with van der Waals surface area (Å²) in [6.07, 6.45) is 5.37. The molecule has 6 N–H and O–H groups in total. The second kappa shape index (κ2) is 13.9. The highest BCUT2D eigenvalue weighted by atomic mass is 19.1. The minimum absolute atomic E-state index is 0.0259. The molecule has 0 aliphatic carbocycles. The Morgan fingerprint density at radius 3 is 2.52 bits per heavy atom. The Bertz CT molecular complexity index is 1410. The number of nitrogens with zero attached hydrogens (tertiary/aromatic N) is 4. The SMILES string of the molecule is C=CC(=O)Nc1ccc(F)c(Nc2nc(N/C(C=N)=C/[NH2+]C)ncc2-c2ccc(N(C)CCN(C)C)c(F)c2)c1. The Balaban J connectivity index is 2.04. The van der Waals surface area contributed by atoms with Crippen molar-refractivity contribution in [2.45, 2.75) is 0 Å². The smallest absolute Gasteiger partial charge is 0.247 e. The molecule has 12 heteroatoms. The molecule has 3 aromatic rings. The Morgan fingerprint density at radius 1 is 1.10 bits per heavy atom. The van der Waals surface area contributed by atoms with E-state index in [4.69, 9.17) is 5.41 Å². The first-order valence-corrected chi connectivity index (χ1v) is 12.4. The maximum atomic E-state index is 15.3. The number of carbonyl (C=O) groups is 1. The molecule has 2 aromatic carbocycles. The number of hydrogen-bond acceptors (Lipinski definition) is 8. The van der Waals surface area contributed by atoms with Crippen LogP contribution in [0.1, 0.15) is 0 Å². The molecule has 0 bridgehead atoms. The first-order chi connectivity index (χ1) is 19.1. The average molecular weight is 551 g/mol. The molecule has 1 heterocycles. The third kappa shape index (κ3) is 7.91. The van der Waals surface area contributed by atoms with Crippen LogP contribution in [0, 0.1) is 17.0 Å². The van der Waals surface area contributed by atoms with Gasteiger partial charge < -0.3 is 36.5 Å². The van der Waals surface area contributed by atoms with Gasteiger partial charge in [-0.05, 0) is 56.1 Å². The van der Waals surface area contributed by atoms with Crippen LogP contribution in [-0.2, 0) is 4.79 Å². The summed E-state index contributed by atoms with van der Waals surface area (Å²) in [7, 11) is 7.53. The third-order valence-electron chi connectivity index (χ3n) is 5.77. The van der Waals surface area contributed by atoms with Crippen LogP contribution in [0.4, 0.5) is 37.6 Å². The lowest BCUT2D eigenvalue weighted by molar-refractivity contribution is -0.556. The van der Waals surface area contributed by atoms with Gasteiger partial charge in [0.15, 0.2) is 0 Å². The molecular formula is C28H34F2N9O+. The lowest BCUT2D eigenvalue weighted by Gasteiger charge is -2.22. The van der Waals surface area contributed by atoms with Gasteiger partial charge in [0, 0.05) is 43.8 Å². The maximum absolute atomic E-state index is 15.3. The van der Waals surface area contributed by atoms with Crippen molar-refractivity contribution in [1.82, 2.24) is 14.9 Å². The van der Waals surface area contributed by atoms with Crippen LogP contribution in [0.25, 0.3) is 11.1 Å². The van der Waals surface area contributed by atoms with Crippen LogP contribution in [0.15, 0.2) is 67.1 Å². The van der Waals surface area contributed by atoms with E-state index < -0.39 is 17.5 Å². The van der Waals surface area contributed by atoms with Crippen LogP contribution in [0.3, 0.4) is 0 Å². The van der Waals surface area contributed by atoms with Gasteiger partial charge in [-0.15, -0.1) is 0 Å². The van der Waals surface area contributed by atoms with Crippen LogP contribution in [0.2, 0.25) is 0 Å². The van der Waals surface area contributed by atoms with Gasteiger partial charge in [0.2, 0.25) is 11.9 Å². The molecule has 0 saturated heterocycles. The van der Waals surface area contributed by atoms with Crippen LogP contribution in [0.5, 0.6) is 0 Å². The van der Waals surface area contributed by atoms with Crippen molar-refractivity contribution >= 4 is 41.0 Å². The van der Waals surface area contributed by atoms with Gasteiger partial charge >= 0.3 is 0 Å². The molecule has 0 unspecified atom stereocenters. The number of benzene rings is 2. The summed E-state index contributed by atoms with van der Waals surface area (Å²) >= 11 is 0. The maximum Gasteiger partial charge on any atom is 0.247 e. The largest absolute Gasteiger partial charge is 0.371 e. The minimum atomic E-state index is -0.597. The van der Waals surface area contributed by atoms with E-state index >= 15 is 4.39 Å². The van der Waals surface area contributed by atoms with Gasteiger partial charge in [-0.2, -0.15) is 4.98 Å². The topological polar surface area (TPSA) is 126 Å². The van der Waals surface area contributed by atoms with Crippen molar-refractivity contribution in [2.24, 2.45) is 0 Å². The van der Waals surface area contributed by atoms with Crippen molar-refractivity contribution in [3.63, 3.8) is 0 Å². The number of nitrogens with two attached hydrogens (primary N) is 1. The molecule has 1 aromatic heterocycles. The number of anilines is 5. The fraction of sp³-hybridized carbons (Fsp3) is 0.214. The molecule has 0 radical (unpaired) electrons. The molecule has 0 atom stereocenters. The first-order valence-electron chi connectivity index (χ1n) is 12.4. The fourth-order valence-electron chi connectivity index (χ4n) is 3.66. The Labute approximate surface area is 232 Å². The zero-order valence-corrected chi connectivity index (χ0v) is 22.9. The minimum Gasteiger partial charge on any atom is -0.371 e. The van der Waals surface area contributed by atoms with Crippen LogP contribution in [-0.4, -0.2) is 68.3 Å². The number of halogens is 2. The van der Waals surface area contributed by atoms with E-state index in [-0.39, 0.29) is 17.5 Å². The molecular weight excluding hydrogens is 516 g/mol. The zero-order chi connectivity index (χ0) is 29.2. The Morgan fingerprint density at radius 2 is 1.88 bits per heavy atom. The normalized spacial score (nSPS) is 11.2. The molecule has 210 valence electrons. The summed E-state index contributed by atoms with van der Waals surface area (Å²) in [5.41, 5.74) is 2.11. The molecule has 0 aliphatic heterocycles. The number of rotatable bonds is 13. The molecule has 40 heavy (non-hydrogen) atoms. The van der Waals surface area contributed by atoms with Gasteiger partial charge in [0.25, 0.3) is 0 Å². The van der Waals surface area contributed by atoms with E-state index in [1.807, 2.05) is 30.9 Å². The van der Waals surface area contributed by atoms with Gasteiger partial charge in [0.1, 0.15) is 29.3 Å².